The topological polar surface area (TPSA) is 41.1 Å². The summed E-state index contributed by atoms with van der Waals surface area (Å²) < 4.78 is 14.6. The Labute approximate surface area is 135 Å². The van der Waals surface area contributed by atoms with Crippen LogP contribution in [0.4, 0.5) is 15.8 Å². The van der Waals surface area contributed by atoms with Crippen molar-refractivity contribution in [1.82, 2.24) is 0 Å². The summed E-state index contributed by atoms with van der Waals surface area (Å²) >= 11 is 9.45. The second-order valence-electron chi connectivity index (χ2n) is 4.47. The minimum atomic E-state index is -0.391. The number of rotatable bonds is 4. The van der Waals surface area contributed by atoms with Crippen molar-refractivity contribution in [3.63, 3.8) is 0 Å². The number of nitrogens with one attached hydrogen (secondary N) is 2. The Morgan fingerprint density at radius 1 is 1.29 bits per heavy atom. The van der Waals surface area contributed by atoms with E-state index >= 15 is 0 Å². The SMILES string of the molecule is CC(=O)Nc1ccc(F)c(NCc2ccc(Br)cc2Cl)c1. The van der Waals surface area contributed by atoms with E-state index < -0.39 is 5.82 Å². The van der Waals surface area contributed by atoms with Crippen molar-refractivity contribution in [3.8, 4) is 0 Å². The fraction of sp³-hybridized carbons (Fsp3) is 0.133. The number of amides is 1. The Bertz CT molecular complexity index is 679. The summed E-state index contributed by atoms with van der Waals surface area (Å²) in [5.74, 6) is -0.596. The molecule has 0 atom stereocenters. The Morgan fingerprint density at radius 3 is 2.71 bits per heavy atom. The Balaban J connectivity index is 2.13. The predicted molar refractivity (Wildman–Crippen MR) is 87.2 cm³/mol. The molecule has 0 aromatic heterocycles. The van der Waals surface area contributed by atoms with Gasteiger partial charge in [-0.1, -0.05) is 33.6 Å². The van der Waals surface area contributed by atoms with Crippen molar-refractivity contribution in [1.29, 1.82) is 0 Å². The number of hydrogen-bond acceptors (Lipinski definition) is 2. The van der Waals surface area contributed by atoms with Crippen molar-refractivity contribution in [2.45, 2.75) is 13.5 Å². The molecule has 0 heterocycles. The molecule has 0 saturated heterocycles. The number of halogens is 3. The van der Waals surface area contributed by atoms with Gasteiger partial charge in [-0.3, -0.25) is 4.79 Å². The molecular formula is C15H13BrClFN2O. The molecular weight excluding hydrogens is 359 g/mol. The van der Waals surface area contributed by atoms with Crippen LogP contribution < -0.4 is 10.6 Å². The average molecular weight is 372 g/mol. The number of benzene rings is 2. The highest BCUT2D eigenvalue weighted by molar-refractivity contribution is 9.10. The van der Waals surface area contributed by atoms with E-state index in [0.29, 0.717) is 22.9 Å². The fourth-order valence-corrected chi connectivity index (χ4v) is 2.54. The zero-order valence-corrected chi connectivity index (χ0v) is 13.6. The van der Waals surface area contributed by atoms with E-state index in [4.69, 9.17) is 11.6 Å². The van der Waals surface area contributed by atoms with Crippen molar-refractivity contribution in [2.75, 3.05) is 10.6 Å². The monoisotopic (exact) mass is 370 g/mol. The van der Waals surface area contributed by atoms with Gasteiger partial charge in [0.2, 0.25) is 5.91 Å². The maximum Gasteiger partial charge on any atom is 0.221 e. The zero-order valence-electron chi connectivity index (χ0n) is 11.2. The first kappa shape index (κ1) is 15.8. The second-order valence-corrected chi connectivity index (χ2v) is 5.79. The van der Waals surface area contributed by atoms with Gasteiger partial charge >= 0.3 is 0 Å². The molecule has 6 heteroatoms. The molecule has 0 fully saturated rings. The number of anilines is 2. The summed E-state index contributed by atoms with van der Waals surface area (Å²) in [6.07, 6.45) is 0. The predicted octanol–water partition coefficient (Wildman–Crippen LogP) is 4.81. The third-order valence-corrected chi connectivity index (χ3v) is 3.62. The van der Waals surface area contributed by atoms with E-state index in [1.807, 2.05) is 12.1 Å². The van der Waals surface area contributed by atoms with Crippen molar-refractivity contribution >= 4 is 44.8 Å². The van der Waals surface area contributed by atoms with Crippen LogP contribution in [0, 0.1) is 5.82 Å². The Morgan fingerprint density at radius 2 is 2.05 bits per heavy atom. The van der Waals surface area contributed by atoms with Gasteiger partial charge in [-0.05, 0) is 35.9 Å². The van der Waals surface area contributed by atoms with Crippen LogP contribution in [0.3, 0.4) is 0 Å². The molecule has 0 radical (unpaired) electrons. The lowest BCUT2D eigenvalue weighted by Gasteiger charge is -2.11. The minimum absolute atomic E-state index is 0.205. The molecule has 2 N–H and O–H groups in total. The normalized spacial score (nSPS) is 10.3. The van der Waals surface area contributed by atoms with E-state index in [1.54, 1.807) is 12.1 Å². The molecule has 2 rings (SSSR count). The van der Waals surface area contributed by atoms with Crippen molar-refractivity contribution < 1.29 is 9.18 Å². The molecule has 0 saturated carbocycles. The molecule has 110 valence electrons. The van der Waals surface area contributed by atoms with Crippen molar-refractivity contribution in [2.24, 2.45) is 0 Å². The van der Waals surface area contributed by atoms with Crippen molar-refractivity contribution in [3.05, 3.63) is 57.3 Å². The van der Waals surface area contributed by atoms with E-state index in [2.05, 4.69) is 26.6 Å². The zero-order chi connectivity index (χ0) is 15.4. The molecule has 2 aromatic rings. The number of hydrogen-bond donors (Lipinski definition) is 2. The summed E-state index contributed by atoms with van der Waals surface area (Å²) in [5, 5.41) is 6.18. The lowest BCUT2D eigenvalue weighted by Crippen LogP contribution is -2.07. The molecule has 0 aliphatic heterocycles. The van der Waals surface area contributed by atoms with Crippen LogP contribution in [-0.2, 0) is 11.3 Å². The highest BCUT2D eigenvalue weighted by Gasteiger charge is 2.06. The molecule has 1 amide bonds. The molecule has 0 spiro atoms. The second kappa shape index (κ2) is 6.91. The van der Waals surface area contributed by atoms with Crippen LogP contribution in [0.25, 0.3) is 0 Å². The number of carbonyl (C=O) groups excluding carboxylic acids is 1. The van der Waals surface area contributed by atoms with Crippen LogP contribution in [0.2, 0.25) is 5.02 Å². The van der Waals surface area contributed by atoms with Gasteiger partial charge in [0.1, 0.15) is 5.82 Å². The summed E-state index contributed by atoms with van der Waals surface area (Å²) in [7, 11) is 0. The fourth-order valence-electron chi connectivity index (χ4n) is 1.80. The van der Waals surface area contributed by atoms with Gasteiger partial charge in [0.15, 0.2) is 0 Å². The Hall–Kier alpha value is -1.59. The van der Waals surface area contributed by atoms with Gasteiger partial charge in [-0.15, -0.1) is 0 Å². The first-order valence-electron chi connectivity index (χ1n) is 6.20. The first-order chi connectivity index (χ1) is 9.95. The van der Waals surface area contributed by atoms with E-state index in [-0.39, 0.29) is 5.91 Å². The lowest BCUT2D eigenvalue weighted by atomic mass is 10.2. The van der Waals surface area contributed by atoms with Crippen LogP contribution in [-0.4, -0.2) is 5.91 Å². The third-order valence-electron chi connectivity index (χ3n) is 2.77. The quantitative estimate of drug-likeness (QED) is 0.809. The standard InChI is InChI=1S/C15H13BrClFN2O/c1-9(21)20-12-4-5-14(18)15(7-12)19-8-10-2-3-11(16)6-13(10)17/h2-7,19H,8H2,1H3,(H,20,21). The molecule has 2 aromatic carbocycles. The Kier molecular flexibility index (Phi) is 5.20. The third kappa shape index (κ3) is 4.44. The van der Waals surface area contributed by atoms with E-state index in [9.17, 15) is 9.18 Å². The van der Waals surface area contributed by atoms with Crippen LogP contribution in [0.5, 0.6) is 0 Å². The van der Waals surface area contributed by atoms with Gasteiger partial charge in [0.25, 0.3) is 0 Å². The van der Waals surface area contributed by atoms with Gasteiger partial charge < -0.3 is 10.6 Å². The van der Waals surface area contributed by atoms with Gasteiger partial charge in [0.05, 0.1) is 5.69 Å². The highest BCUT2D eigenvalue weighted by atomic mass is 79.9. The summed E-state index contributed by atoms with van der Waals surface area (Å²) in [6, 6.07) is 9.86. The summed E-state index contributed by atoms with van der Waals surface area (Å²) in [6.45, 7) is 1.78. The largest absolute Gasteiger partial charge is 0.378 e. The number of carbonyl (C=O) groups is 1. The molecule has 0 aliphatic carbocycles. The molecule has 0 unspecified atom stereocenters. The van der Waals surface area contributed by atoms with Gasteiger partial charge in [0, 0.05) is 28.7 Å². The van der Waals surface area contributed by atoms with Crippen LogP contribution >= 0.6 is 27.5 Å². The molecule has 21 heavy (non-hydrogen) atoms. The highest BCUT2D eigenvalue weighted by Crippen LogP contribution is 2.24. The van der Waals surface area contributed by atoms with Gasteiger partial charge in [-0.2, -0.15) is 0 Å². The summed E-state index contributed by atoms with van der Waals surface area (Å²) in [4.78, 5) is 11.0. The van der Waals surface area contributed by atoms with Crippen LogP contribution in [0.15, 0.2) is 40.9 Å². The summed E-state index contributed by atoms with van der Waals surface area (Å²) in [5.41, 5.74) is 1.69. The average Bonchev–Trinajstić information content (AvgIpc) is 2.40. The smallest absolute Gasteiger partial charge is 0.221 e. The maximum atomic E-state index is 13.8. The minimum Gasteiger partial charge on any atom is -0.378 e. The first-order valence-corrected chi connectivity index (χ1v) is 7.38. The lowest BCUT2D eigenvalue weighted by molar-refractivity contribution is -0.114. The van der Waals surface area contributed by atoms with E-state index in [0.717, 1.165) is 10.0 Å². The van der Waals surface area contributed by atoms with Crippen LogP contribution in [0.1, 0.15) is 12.5 Å². The maximum absolute atomic E-state index is 13.8. The molecule has 0 bridgehead atoms. The van der Waals surface area contributed by atoms with Gasteiger partial charge in [-0.25, -0.2) is 4.39 Å². The molecule has 3 nitrogen and oxygen atoms in total. The molecule has 0 aliphatic rings. The van der Waals surface area contributed by atoms with E-state index in [1.165, 1.54) is 19.1 Å².